The average Bonchev–Trinajstić information content (AvgIpc) is 2.79. The SMILES string of the molecule is Cc1c(S(=O)(=O)c2ccccc2)c(=O)n(-c2ccccc2)n1C. The van der Waals surface area contributed by atoms with Gasteiger partial charge in [-0.05, 0) is 31.2 Å². The Balaban J connectivity index is 2.30. The summed E-state index contributed by atoms with van der Waals surface area (Å²) < 4.78 is 28.6. The highest BCUT2D eigenvalue weighted by Gasteiger charge is 2.28. The van der Waals surface area contributed by atoms with Crippen LogP contribution in [0.25, 0.3) is 5.69 Å². The Morgan fingerprint density at radius 3 is 1.96 bits per heavy atom. The van der Waals surface area contributed by atoms with E-state index >= 15 is 0 Å². The number of aromatic nitrogens is 2. The molecule has 0 aliphatic rings. The quantitative estimate of drug-likeness (QED) is 0.741. The largest absolute Gasteiger partial charge is 0.290 e. The maximum Gasteiger partial charge on any atom is 0.290 e. The Morgan fingerprint density at radius 1 is 0.870 bits per heavy atom. The van der Waals surface area contributed by atoms with E-state index in [0.29, 0.717) is 11.4 Å². The predicted octanol–water partition coefficient (Wildman–Crippen LogP) is 2.32. The molecule has 0 bridgehead atoms. The average molecular weight is 328 g/mol. The molecule has 0 amide bonds. The molecular formula is C17H16N2O3S. The Labute approximate surface area is 134 Å². The van der Waals surface area contributed by atoms with Crippen LogP contribution >= 0.6 is 0 Å². The number of para-hydroxylation sites is 1. The molecule has 0 unspecified atom stereocenters. The Morgan fingerprint density at radius 2 is 1.39 bits per heavy atom. The molecule has 23 heavy (non-hydrogen) atoms. The van der Waals surface area contributed by atoms with Crippen LogP contribution in [-0.4, -0.2) is 17.8 Å². The molecular weight excluding hydrogens is 312 g/mol. The predicted molar refractivity (Wildman–Crippen MR) is 87.6 cm³/mol. The van der Waals surface area contributed by atoms with E-state index in [2.05, 4.69) is 0 Å². The first-order valence-electron chi connectivity index (χ1n) is 7.09. The van der Waals surface area contributed by atoms with Crippen molar-refractivity contribution in [3.05, 3.63) is 76.7 Å². The van der Waals surface area contributed by atoms with Crippen LogP contribution in [0.1, 0.15) is 5.69 Å². The van der Waals surface area contributed by atoms with E-state index in [1.54, 1.807) is 61.1 Å². The van der Waals surface area contributed by atoms with Gasteiger partial charge in [-0.25, -0.2) is 13.1 Å². The fraction of sp³-hybridized carbons (Fsp3) is 0.118. The lowest BCUT2D eigenvalue weighted by atomic mass is 10.3. The standard InChI is InChI=1S/C17H16N2O3S/c1-13-16(23(21,22)15-11-7-4-8-12-15)17(20)19(18(13)2)14-9-5-3-6-10-14/h3-12H,1-2H3. The number of nitrogens with zero attached hydrogens (tertiary/aromatic N) is 2. The first-order chi connectivity index (χ1) is 10.9. The van der Waals surface area contributed by atoms with Gasteiger partial charge in [-0.1, -0.05) is 36.4 Å². The van der Waals surface area contributed by atoms with E-state index < -0.39 is 15.4 Å². The normalized spacial score (nSPS) is 11.6. The molecule has 3 rings (SSSR count). The Hall–Kier alpha value is -2.60. The topological polar surface area (TPSA) is 61.1 Å². The highest BCUT2D eigenvalue weighted by atomic mass is 32.2. The van der Waals surface area contributed by atoms with Crippen molar-refractivity contribution in [1.29, 1.82) is 0 Å². The summed E-state index contributed by atoms with van der Waals surface area (Å²) in [5.74, 6) is 0. The third-order valence-electron chi connectivity index (χ3n) is 3.82. The summed E-state index contributed by atoms with van der Waals surface area (Å²) in [5.41, 5.74) is 0.486. The van der Waals surface area contributed by atoms with E-state index in [1.807, 2.05) is 6.07 Å². The van der Waals surface area contributed by atoms with Gasteiger partial charge in [-0.15, -0.1) is 0 Å². The van der Waals surface area contributed by atoms with Gasteiger partial charge in [0.1, 0.15) is 0 Å². The Bertz CT molecular complexity index is 1000. The molecule has 5 nitrogen and oxygen atoms in total. The second-order valence-electron chi connectivity index (χ2n) is 5.21. The summed E-state index contributed by atoms with van der Waals surface area (Å²) in [6.07, 6.45) is 0. The van der Waals surface area contributed by atoms with Crippen molar-refractivity contribution < 1.29 is 8.42 Å². The van der Waals surface area contributed by atoms with Gasteiger partial charge in [0.15, 0.2) is 4.90 Å². The second-order valence-corrected chi connectivity index (χ2v) is 7.09. The van der Waals surface area contributed by atoms with Gasteiger partial charge in [0.05, 0.1) is 16.3 Å². The van der Waals surface area contributed by atoms with E-state index in [1.165, 1.54) is 16.8 Å². The van der Waals surface area contributed by atoms with Crippen molar-refractivity contribution in [2.75, 3.05) is 0 Å². The van der Waals surface area contributed by atoms with Gasteiger partial charge >= 0.3 is 0 Å². The van der Waals surface area contributed by atoms with E-state index in [9.17, 15) is 13.2 Å². The van der Waals surface area contributed by atoms with E-state index in [-0.39, 0.29) is 9.79 Å². The molecule has 0 radical (unpaired) electrons. The molecule has 2 aromatic carbocycles. The maximum atomic E-state index is 12.8. The zero-order valence-corrected chi connectivity index (χ0v) is 13.6. The zero-order valence-electron chi connectivity index (χ0n) is 12.8. The molecule has 118 valence electrons. The van der Waals surface area contributed by atoms with Crippen LogP contribution in [0.2, 0.25) is 0 Å². The second kappa shape index (κ2) is 5.55. The highest BCUT2D eigenvalue weighted by molar-refractivity contribution is 7.91. The van der Waals surface area contributed by atoms with E-state index in [0.717, 1.165) is 0 Å². The first-order valence-corrected chi connectivity index (χ1v) is 8.57. The minimum absolute atomic E-state index is 0.117. The molecule has 1 aromatic heterocycles. The summed E-state index contributed by atoms with van der Waals surface area (Å²) >= 11 is 0. The molecule has 6 heteroatoms. The monoisotopic (exact) mass is 328 g/mol. The first kappa shape index (κ1) is 15.3. The summed E-state index contributed by atoms with van der Waals surface area (Å²) in [6.45, 7) is 1.64. The minimum Gasteiger partial charge on any atom is -0.284 e. The van der Waals surface area contributed by atoms with Crippen LogP contribution < -0.4 is 5.56 Å². The third-order valence-corrected chi connectivity index (χ3v) is 5.72. The van der Waals surface area contributed by atoms with Crippen molar-refractivity contribution in [3.8, 4) is 5.69 Å². The third kappa shape index (κ3) is 2.41. The van der Waals surface area contributed by atoms with Crippen LogP contribution in [0.3, 0.4) is 0 Å². The number of hydrogen-bond acceptors (Lipinski definition) is 3. The fourth-order valence-electron chi connectivity index (χ4n) is 2.57. The molecule has 0 N–H and O–H groups in total. The van der Waals surface area contributed by atoms with Crippen LogP contribution in [0.15, 0.2) is 75.2 Å². The molecule has 0 saturated heterocycles. The molecule has 0 aliphatic heterocycles. The summed E-state index contributed by atoms with van der Waals surface area (Å²) in [7, 11) is -2.19. The number of rotatable bonds is 3. The van der Waals surface area contributed by atoms with Gasteiger partial charge in [-0.2, -0.15) is 0 Å². The number of hydrogen-bond donors (Lipinski definition) is 0. The summed E-state index contributed by atoms with van der Waals surface area (Å²) in [4.78, 5) is 12.7. The lowest BCUT2D eigenvalue weighted by molar-refractivity contribution is 0.594. The maximum absolute atomic E-state index is 12.8. The lowest BCUT2D eigenvalue weighted by Gasteiger charge is -2.07. The van der Waals surface area contributed by atoms with Gasteiger partial charge in [0.25, 0.3) is 5.56 Å². The van der Waals surface area contributed by atoms with Gasteiger partial charge < -0.3 is 0 Å². The fourth-order valence-corrected chi connectivity index (χ4v) is 4.16. The molecule has 0 spiro atoms. The van der Waals surface area contributed by atoms with Crippen molar-refractivity contribution in [3.63, 3.8) is 0 Å². The minimum atomic E-state index is -3.86. The molecule has 0 atom stereocenters. The summed E-state index contributed by atoms with van der Waals surface area (Å²) in [5, 5.41) is 0. The molecule has 1 heterocycles. The van der Waals surface area contributed by atoms with Gasteiger partial charge in [0.2, 0.25) is 9.84 Å². The van der Waals surface area contributed by atoms with Gasteiger partial charge in [0, 0.05) is 7.05 Å². The van der Waals surface area contributed by atoms with Crippen LogP contribution in [-0.2, 0) is 16.9 Å². The van der Waals surface area contributed by atoms with Crippen molar-refractivity contribution in [1.82, 2.24) is 9.36 Å². The zero-order chi connectivity index (χ0) is 16.6. The van der Waals surface area contributed by atoms with Crippen molar-refractivity contribution >= 4 is 9.84 Å². The molecule has 0 fully saturated rings. The highest BCUT2D eigenvalue weighted by Crippen LogP contribution is 2.22. The van der Waals surface area contributed by atoms with Crippen molar-refractivity contribution in [2.45, 2.75) is 16.7 Å². The van der Waals surface area contributed by atoms with Crippen LogP contribution in [0.4, 0.5) is 0 Å². The number of benzene rings is 2. The van der Waals surface area contributed by atoms with Crippen LogP contribution in [0.5, 0.6) is 0 Å². The smallest absolute Gasteiger partial charge is 0.284 e. The molecule has 3 aromatic rings. The molecule has 0 saturated carbocycles. The Kier molecular flexibility index (Phi) is 3.69. The number of sulfone groups is 1. The summed E-state index contributed by atoms with van der Waals surface area (Å²) in [6, 6.07) is 17.0. The van der Waals surface area contributed by atoms with E-state index in [4.69, 9.17) is 0 Å². The van der Waals surface area contributed by atoms with Gasteiger partial charge in [-0.3, -0.25) is 9.48 Å². The van der Waals surface area contributed by atoms with Crippen molar-refractivity contribution in [2.24, 2.45) is 7.05 Å². The van der Waals surface area contributed by atoms with Crippen LogP contribution in [0, 0.1) is 6.92 Å². The lowest BCUT2D eigenvalue weighted by Crippen LogP contribution is -2.22. The molecule has 0 aliphatic carbocycles.